The fourth-order valence-corrected chi connectivity index (χ4v) is 6.64. The monoisotopic (exact) mass is 450 g/mol. The van der Waals surface area contributed by atoms with Gasteiger partial charge in [-0.3, -0.25) is 4.98 Å². The Kier molecular flexibility index (Phi) is 7.40. The molecular weight excluding hydrogens is 404 g/mol. The van der Waals surface area contributed by atoms with Crippen molar-refractivity contribution in [2.75, 3.05) is 5.73 Å². The highest BCUT2D eigenvalue weighted by Crippen LogP contribution is 2.47. The Labute approximate surface area is 187 Å². The molecule has 0 spiro atoms. The Bertz CT molecular complexity index is 723. The number of nitrogens with zero attached hydrogens (tertiary/aromatic N) is 1. The smallest absolute Gasteiger partial charge is 0.192 e. The summed E-state index contributed by atoms with van der Waals surface area (Å²) >= 11 is 0. The molecule has 0 bridgehead atoms. The summed E-state index contributed by atoms with van der Waals surface area (Å²) < 4.78 is 14.1. The first kappa shape index (κ1) is 25.6. The molecule has 6 heteroatoms. The van der Waals surface area contributed by atoms with E-state index >= 15 is 0 Å². The van der Waals surface area contributed by atoms with Gasteiger partial charge in [-0.2, -0.15) is 0 Å². The minimum Gasteiger partial charge on any atom is -0.411 e. The third-order valence-electron chi connectivity index (χ3n) is 7.92. The first-order valence-corrected chi connectivity index (χ1v) is 17.3. The van der Waals surface area contributed by atoms with Crippen molar-refractivity contribution in [1.29, 1.82) is 0 Å². The van der Waals surface area contributed by atoms with Gasteiger partial charge in [-0.05, 0) is 72.6 Å². The quantitative estimate of drug-likeness (QED) is 0.493. The average Bonchev–Trinajstić information content (AvgIpc) is 2.55. The summed E-state index contributed by atoms with van der Waals surface area (Å²) in [7, 11) is -3.85. The van der Waals surface area contributed by atoms with E-state index in [1.807, 2.05) is 6.20 Å². The van der Waals surface area contributed by atoms with Crippen LogP contribution in [0.4, 0.5) is 5.69 Å². The van der Waals surface area contributed by atoms with E-state index < -0.39 is 16.6 Å². The zero-order valence-electron chi connectivity index (χ0n) is 21.3. The van der Waals surface area contributed by atoms with Gasteiger partial charge in [0.2, 0.25) is 0 Å². The van der Waals surface area contributed by atoms with Crippen molar-refractivity contribution >= 4 is 22.3 Å². The number of nitrogens with two attached hydrogens (primary N) is 1. The summed E-state index contributed by atoms with van der Waals surface area (Å²) in [5.74, 6) is 0.803. The Morgan fingerprint density at radius 2 is 1.47 bits per heavy atom. The molecule has 30 heavy (non-hydrogen) atoms. The third-order valence-corrected chi connectivity index (χ3v) is 16.9. The summed E-state index contributed by atoms with van der Waals surface area (Å²) in [5.41, 5.74) is 8.32. The zero-order valence-corrected chi connectivity index (χ0v) is 23.3. The highest BCUT2D eigenvalue weighted by Gasteiger charge is 2.48. The number of hydrogen-bond donors (Lipinski definition) is 1. The molecule has 0 saturated heterocycles. The highest BCUT2D eigenvalue weighted by atomic mass is 28.4. The Balaban J connectivity index is 2.39. The Morgan fingerprint density at radius 1 is 0.933 bits per heavy atom. The molecule has 1 fully saturated rings. The van der Waals surface area contributed by atoms with Gasteiger partial charge in [0.1, 0.15) is 0 Å². The molecule has 0 aliphatic heterocycles. The second-order valence-corrected chi connectivity index (χ2v) is 21.9. The summed E-state index contributed by atoms with van der Waals surface area (Å²) in [5, 5.41) is 0.348. The van der Waals surface area contributed by atoms with E-state index in [1.54, 1.807) is 6.20 Å². The van der Waals surface area contributed by atoms with E-state index in [-0.39, 0.29) is 22.3 Å². The normalized spacial score (nSPS) is 26.6. The number of hydrogen-bond acceptors (Lipinski definition) is 4. The van der Waals surface area contributed by atoms with Crippen LogP contribution in [0.15, 0.2) is 18.5 Å². The maximum atomic E-state index is 7.06. The van der Waals surface area contributed by atoms with Gasteiger partial charge in [-0.1, -0.05) is 48.5 Å². The summed E-state index contributed by atoms with van der Waals surface area (Å²) in [6.07, 6.45) is 5.91. The molecule has 2 rings (SSSR count). The first-order valence-electron chi connectivity index (χ1n) is 11.5. The fourth-order valence-electron chi connectivity index (χ4n) is 3.88. The van der Waals surface area contributed by atoms with Crippen LogP contribution in [0, 0.1) is 5.92 Å². The van der Waals surface area contributed by atoms with Gasteiger partial charge in [0.15, 0.2) is 16.6 Å². The van der Waals surface area contributed by atoms with Crippen molar-refractivity contribution in [3.05, 3.63) is 24.0 Å². The van der Waals surface area contributed by atoms with Crippen LogP contribution >= 0.6 is 0 Å². The van der Waals surface area contributed by atoms with Crippen LogP contribution in [-0.4, -0.2) is 33.8 Å². The summed E-state index contributed by atoms with van der Waals surface area (Å²) in [6.45, 7) is 25.6. The number of rotatable bonds is 5. The molecule has 1 heterocycles. The molecule has 0 aromatic carbocycles. The number of pyridine rings is 1. The molecule has 1 aliphatic carbocycles. The van der Waals surface area contributed by atoms with Gasteiger partial charge in [0, 0.05) is 6.20 Å². The molecule has 0 radical (unpaired) electrons. The van der Waals surface area contributed by atoms with Crippen LogP contribution in [0.1, 0.15) is 72.8 Å². The van der Waals surface area contributed by atoms with Crippen LogP contribution < -0.4 is 5.73 Å². The minimum atomic E-state index is -1.94. The van der Waals surface area contributed by atoms with Crippen LogP contribution in [-0.2, 0) is 8.85 Å². The van der Waals surface area contributed by atoms with Crippen LogP contribution in [0.5, 0.6) is 0 Å². The standard InChI is InChI=1S/C24H46N2O2Si2/c1-17-14-18(19-12-13-26-16-20(19)25)15-21(27-29(8,9)23(2,3)4)22(17)28-30(10,11)24(5,6)7/h12-13,16-18,21-22H,14-15,25H2,1-11H3/t17-,18+,21+,22-/m0/s1. The largest absolute Gasteiger partial charge is 0.411 e. The molecular formula is C24H46N2O2Si2. The predicted octanol–water partition coefficient (Wildman–Crippen LogP) is 6.96. The molecule has 2 N–H and O–H groups in total. The van der Waals surface area contributed by atoms with Crippen LogP contribution in [0.2, 0.25) is 36.3 Å². The zero-order chi connectivity index (χ0) is 23.1. The lowest BCUT2D eigenvalue weighted by Gasteiger charge is -2.50. The van der Waals surface area contributed by atoms with E-state index in [0.717, 1.165) is 18.5 Å². The molecule has 1 aromatic rings. The van der Waals surface area contributed by atoms with Crippen molar-refractivity contribution in [3.63, 3.8) is 0 Å². The molecule has 172 valence electrons. The van der Waals surface area contributed by atoms with Gasteiger partial charge in [-0.25, -0.2) is 0 Å². The van der Waals surface area contributed by atoms with Gasteiger partial charge >= 0.3 is 0 Å². The minimum absolute atomic E-state index is 0.0985. The van der Waals surface area contributed by atoms with E-state index in [1.165, 1.54) is 5.56 Å². The van der Waals surface area contributed by atoms with Crippen molar-refractivity contribution in [1.82, 2.24) is 4.98 Å². The van der Waals surface area contributed by atoms with E-state index in [2.05, 4.69) is 85.7 Å². The third kappa shape index (κ3) is 5.56. The lowest BCUT2D eigenvalue weighted by Crippen LogP contribution is -2.55. The molecule has 1 saturated carbocycles. The van der Waals surface area contributed by atoms with E-state index in [4.69, 9.17) is 14.6 Å². The Morgan fingerprint density at radius 3 is 1.97 bits per heavy atom. The lowest BCUT2D eigenvalue weighted by molar-refractivity contribution is -0.0304. The fraction of sp³-hybridized carbons (Fsp3) is 0.792. The van der Waals surface area contributed by atoms with Gasteiger partial charge < -0.3 is 14.6 Å². The molecule has 0 unspecified atom stereocenters. The lowest BCUT2D eigenvalue weighted by atomic mass is 9.75. The van der Waals surface area contributed by atoms with Crippen LogP contribution in [0.3, 0.4) is 0 Å². The Hall–Kier alpha value is -0.696. The average molecular weight is 451 g/mol. The topological polar surface area (TPSA) is 57.4 Å². The van der Waals surface area contributed by atoms with Crippen molar-refractivity contribution in [2.24, 2.45) is 5.92 Å². The van der Waals surface area contributed by atoms with Crippen molar-refractivity contribution < 1.29 is 8.85 Å². The maximum Gasteiger partial charge on any atom is 0.192 e. The van der Waals surface area contributed by atoms with Gasteiger partial charge in [-0.15, -0.1) is 0 Å². The SMILES string of the molecule is C[C@H]1C[C@@H](c2ccncc2N)C[C@@H](O[Si](C)(C)C(C)(C)C)[C@H]1O[Si](C)(C)C(C)(C)C. The molecule has 4 nitrogen and oxygen atoms in total. The predicted molar refractivity (Wildman–Crippen MR) is 134 cm³/mol. The highest BCUT2D eigenvalue weighted by molar-refractivity contribution is 6.74. The van der Waals surface area contributed by atoms with E-state index in [0.29, 0.717) is 11.8 Å². The number of nitrogen functional groups attached to an aromatic ring is 1. The van der Waals surface area contributed by atoms with E-state index in [9.17, 15) is 0 Å². The number of anilines is 1. The van der Waals surface area contributed by atoms with Gasteiger partial charge in [0.25, 0.3) is 0 Å². The second kappa shape index (κ2) is 8.68. The summed E-state index contributed by atoms with van der Waals surface area (Å²) in [6, 6.07) is 2.09. The van der Waals surface area contributed by atoms with Gasteiger partial charge in [0.05, 0.1) is 24.1 Å². The summed E-state index contributed by atoms with van der Waals surface area (Å²) in [4.78, 5) is 4.19. The molecule has 1 aromatic heterocycles. The molecule has 0 amide bonds. The van der Waals surface area contributed by atoms with Crippen LogP contribution in [0.25, 0.3) is 0 Å². The first-order chi connectivity index (χ1) is 13.5. The molecule has 1 aliphatic rings. The van der Waals surface area contributed by atoms with Crippen molar-refractivity contribution in [2.45, 2.75) is 116 Å². The maximum absolute atomic E-state index is 7.06. The van der Waals surface area contributed by atoms with Crippen molar-refractivity contribution in [3.8, 4) is 0 Å². The molecule has 4 atom stereocenters. The second-order valence-electron chi connectivity index (χ2n) is 12.4. The number of aromatic nitrogens is 1.